The molecule has 1 saturated heterocycles. The summed E-state index contributed by atoms with van der Waals surface area (Å²) in [6.07, 6.45) is 4.87. The maximum atomic E-state index is 4.17. The van der Waals surface area contributed by atoms with Crippen LogP contribution in [0.15, 0.2) is 42.0 Å². The van der Waals surface area contributed by atoms with Crippen LogP contribution in [0, 0.1) is 0 Å². The number of nitrogens with one attached hydrogen (secondary N) is 4. The van der Waals surface area contributed by atoms with Gasteiger partial charge in [-0.05, 0) is 11.1 Å². The summed E-state index contributed by atoms with van der Waals surface area (Å²) >= 11 is 0. The van der Waals surface area contributed by atoms with E-state index < -0.39 is 0 Å². The monoisotopic (exact) mass is 244 g/mol. The van der Waals surface area contributed by atoms with Crippen molar-refractivity contribution < 1.29 is 0 Å². The molecule has 2 heterocycles. The molecule has 92 valence electrons. The molecule has 1 aliphatic heterocycles. The maximum Gasteiger partial charge on any atom is 0.141 e. The minimum absolute atomic E-state index is 0.0498. The second-order valence-electron chi connectivity index (χ2n) is 3.72. The fraction of sp³-hybridized carbons (Fsp3) is 0.100. The lowest BCUT2D eigenvalue weighted by Crippen LogP contribution is -2.33. The molecule has 2 aromatic rings. The van der Waals surface area contributed by atoms with Gasteiger partial charge in [-0.3, -0.25) is 0 Å². The van der Waals surface area contributed by atoms with Gasteiger partial charge in [-0.2, -0.15) is 16.2 Å². The summed E-state index contributed by atoms with van der Waals surface area (Å²) in [5.41, 5.74) is 13.7. The Balaban J connectivity index is 1.70. The number of aromatic nitrogens is 3. The van der Waals surface area contributed by atoms with Gasteiger partial charge in [0, 0.05) is 0 Å². The van der Waals surface area contributed by atoms with Gasteiger partial charge < -0.3 is 0 Å². The molecule has 1 aliphatic rings. The Labute approximate surface area is 103 Å². The molecule has 0 saturated carbocycles. The van der Waals surface area contributed by atoms with Crippen LogP contribution in [-0.4, -0.2) is 21.1 Å². The van der Waals surface area contributed by atoms with E-state index in [1.54, 1.807) is 10.9 Å². The van der Waals surface area contributed by atoms with E-state index in [4.69, 9.17) is 0 Å². The second kappa shape index (κ2) is 5.02. The third-order valence-electron chi connectivity index (χ3n) is 2.51. The van der Waals surface area contributed by atoms with E-state index in [1.807, 2.05) is 24.3 Å². The molecule has 1 aromatic heterocycles. The topological polar surface area (TPSA) is 91.2 Å². The highest BCUT2D eigenvalue weighted by atomic mass is 15.8. The highest BCUT2D eigenvalue weighted by molar-refractivity contribution is 5.79. The van der Waals surface area contributed by atoms with Crippen LogP contribution in [0.4, 0.5) is 0 Å². The zero-order chi connectivity index (χ0) is 12.2. The van der Waals surface area contributed by atoms with E-state index in [2.05, 4.69) is 37.2 Å². The summed E-state index contributed by atoms with van der Waals surface area (Å²) in [7, 11) is 0. The molecular formula is C10H12N8. The third-order valence-corrected chi connectivity index (χ3v) is 2.51. The van der Waals surface area contributed by atoms with Crippen LogP contribution in [0.5, 0.6) is 0 Å². The molecule has 8 nitrogen and oxygen atoms in total. The Morgan fingerprint density at radius 3 is 2.39 bits per heavy atom. The van der Waals surface area contributed by atoms with Crippen LogP contribution >= 0.6 is 0 Å². The van der Waals surface area contributed by atoms with Crippen LogP contribution in [0.1, 0.15) is 17.3 Å². The number of hydrogen-bond donors (Lipinski definition) is 4. The van der Waals surface area contributed by atoms with E-state index in [0.717, 1.165) is 11.1 Å². The lowest BCUT2D eigenvalue weighted by atomic mass is 10.1. The van der Waals surface area contributed by atoms with Crippen LogP contribution < -0.4 is 21.9 Å². The zero-order valence-electron chi connectivity index (χ0n) is 9.41. The van der Waals surface area contributed by atoms with Crippen molar-refractivity contribution in [1.29, 1.82) is 0 Å². The molecule has 1 fully saturated rings. The number of hydrogen-bond acceptors (Lipinski definition) is 7. The van der Waals surface area contributed by atoms with E-state index in [1.165, 1.54) is 12.7 Å². The average Bonchev–Trinajstić information content (AvgIpc) is 3.10. The van der Waals surface area contributed by atoms with Crippen molar-refractivity contribution in [2.24, 2.45) is 5.10 Å². The first-order valence-electron chi connectivity index (χ1n) is 5.42. The van der Waals surface area contributed by atoms with Gasteiger partial charge in [-0.15, -0.1) is 10.2 Å². The van der Waals surface area contributed by atoms with Crippen molar-refractivity contribution in [2.75, 3.05) is 0 Å². The maximum absolute atomic E-state index is 4.17. The molecule has 18 heavy (non-hydrogen) atoms. The molecule has 0 atom stereocenters. The highest BCUT2D eigenvalue weighted by Crippen LogP contribution is 2.10. The number of benzene rings is 1. The predicted molar refractivity (Wildman–Crippen MR) is 64.7 cm³/mol. The summed E-state index contributed by atoms with van der Waals surface area (Å²) in [6, 6.07) is 8.02. The molecule has 4 N–H and O–H groups in total. The Morgan fingerprint density at radius 2 is 1.72 bits per heavy atom. The van der Waals surface area contributed by atoms with Gasteiger partial charge in [-0.25, -0.2) is 15.5 Å². The summed E-state index contributed by atoms with van der Waals surface area (Å²) in [5, 5.41) is 11.5. The zero-order valence-corrected chi connectivity index (χ0v) is 9.41. The van der Waals surface area contributed by atoms with Gasteiger partial charge in [0.15, 0.2) is 0 Å². The summed E-state index contributed by atoms with van der Waals surface area (Å²) in [6.45, 7) is 0. The van der Waals surface area contributed by atoms with Gasteiger partial charge >= 0.3 is 0 Å². The number of rotatable bonds is 3. The number of nitrogens with zero attached hydrogens (tertiary/aromatic N) is 4. The minimum atomic E-state index is 0.0498. The van der Waals surface area contributed by atoms with E-state index in [9.17, 15) is 0 Å². The Hall–Kier alpha value is -2.13. The Bertz CT molecular complexity index is 511. The summed E-state index contributed by atoms with van der Waals surface area (Å²) in [4.78, 5) is 0. The van der Waals surface area contributed by atoms with Crippen molar-refractivity contribution in [1.82, 2.24) is 36.8 Å². The third kappa shape index (κ3) is 2.41. The van der Waals surface area contributed by atoms with Crippen LogP contribution in [0.3, 0.4) is 0 Å². The molecule has 1 aromatic carbocycles. The molecule has 0 radical (unpaired) electrons. The largest absolute Gasteiger partial charge is 0.221 e. The van der Waals surface area contributed by atoms with Crippen molar-refractivity contribution in [3.05, 3.63) is 48.0 Å². The van der Waals surface area contributed by atoms with E-state index in [0.29, 0.717) is 0 Å². The van der Waals surface area contributed by atoms with Gasteiger partial charge in [0.05, 0.1) is 6.21 Å². The molecule has 0 spiro atoms. The predicted octanol–water partition coefficient (Wildman–Crippen LogP) is -0.724. The lowest BCUT2D eigenvalue weighted by molar-refractivity contribution is 0.554. The molecule has 0 bridgehead atoms. The van der Waals surface area contributed by atoms with Crippen molar-refractivity contribution in [3.63, 3.8) is 0 Å². The SMILES string of the molecule is C(=N/n1cnnc1)/c1ccc(C2NNNN2)cc1. The standard InChI is InChI=1S/C10H12N8/c1-3-9(10-14-16-17-15-10)4-2-8(1)5-13-18-6-11-12-7-18/h1-7,10,14-17H/b13-5-. The van der Waals surface area contributed by atoms with Gasteiger partial charge in [0.1, 0.15) is 18.8 Å². The fourth-order valence-corrected chi connectivity index (χ4v) is 1.58. The minimum Gasteiger partial charge on any atom is -0.221 e. The normalized spacial score (nSPS) is 16.7. The van der Waals surface area contributed by atoms with Gasteiger partial charge in [-0.1, -0.05) is 24.3 Å². The molecule has 0 unspecified atom stereocenters. The molecular weight excluding hydrogens is 232 g/mol. The molecule has 0 amide bonds. The van der Waals surface area contributed by atoms with Crippen LogP contribution in [0.25, 0.3) is 0 Å². The van der Waals surface area contributed by atoms with E-state index >= 15 is 0 Å². The summed E-state index contributed by atoms with van der Waals surface area (Å²) in [5.74, 6) is 0. The van der Waals surface area contributed by atoms with Crippen LogP contribution in [0.2, 0.25) is 0 Å². The molecule has 8 heteroatoms. The van der Waals surface area contributed by atoms with Crippen molar-refractivity contribution >= 4 is 6.21 Å². The van der Waals surface area contributed by atoms with Crippen molar-refractivity contribution in [2.45, 2.75) is 6.17 Å². The first-order valence-corrected chi connectivity index (χ1v) is 5.42. The van der Waals surface area contributed by atoms with E-state index in [-0.39, 0.29) is 6.17 Å². The summed E-state index contributed by atoms with van der Waals surface area (Å²) < 4.78 is 1.54. The first kappa shape index (κ1) is 11.0. The smallest absolute Gasteiger partial charge is 0.141 e. The van der Waals surface area contributed by atoms with Gasteiger partial charge in [0.25, 0.3) is 0 Å². The quantitative estimate of drug-likeness (QED) is 0.532. The highest BCUT2D eigenvalue weighted by Gasteiger charge is 2.13. The fourth-order valence-electron chi connectivity index (χ4n) is 1.58. The number of hydrazine groups is 3. The Morgan fingerprint density at radius 1 is 1.06 bits per heavy atom. The van der Waals surface area contributed by atoms with Crippen LogP contribution in [-0.2, 0) is 0 Å². The first-order chi connectivity index (χ1) is 8.92. The molecule has 3 rings (SSSR count). The second-order valence-corrected chi connectivity index (χ2v) is 3.72. The van der Waals surface area contributed by atoms with Gasteiger partial charge in [0.2, 0.25) is 0 Å². The Kier molecular flexibility index (Phi) is 3.07. The molecule has 0 aliphatic carbocycles. The van der Waals surface area contributed by atoms with Crippen molar-refractivity contribution in [3.8, 4) is 0 Å². The average molecular weight is 244 g/mol. The lowest BCUT2D eigenvalue weighted by Gasteiger charge is -2.08.